The van der Waals surface area contributed by atoms with Crippen LogP contribution in [0, 0.1) is 13.8 Å². The molecule has 1 heterocycles. The fraction of sp³-hybridized carbons (Fsp3) is 0.167. The van der Waals surface area contributed by atoms with Crippen molar-refractivity contribution in [2.75, 3.05) is 10.6 Å². The number of carbonyl (C=O) groups excluding carboxylic acids is 1. The number of urea groups is 1. The quantitative estimate of drug-likeness (QED) is 0.553. The topological polar surface area (TPSA) is 76.1 Å². The summed E-state index contributed by atoms with van der Waals surface area (Å²) in [7, 11) is 0. The van der Waals surface area contributed by atoms with Gasteiger partial charge in [0.15, 0.2) is 5.01 Å². The molecule has 6 nitrogen and oxygen atoms in total. The van der Waals surface area contributed by atoms with Gasteiger partial charge in [-0.05, 0) is 43.7 Å². The molecule has 9 heteroatoms. The summed E-state index contributed by atoms with van der Waals surface area (Å²) in [6.07, 6.45) is 0. The average Bonchev–Trinajstić information content (AvgIpc) is 3.04. The van der Waals surface area contributed by atoms with Gasteiger partial charge in [-0.15, -0.1) is 10.2 Å². The van der Waals surface area contributed by atoms with Gasteiger partial charge in [0, 0.05) is 5.69 Å². The Morgan fingerprint density at radius 1 is 1.07 bits per heavy atom. The minimum atomic E-state index is -0.452. The monoisotopic (exact) mass is 422 g/mol. The lowest BCUT2D eigenvalue weighted by Crippen LogP contribution is -2.19. The predicted octanol–water partition coefficient (Wildman–Crippen LogP) is 5.68. The summed E-state index contributed by atoms with van der Waals surface area (Å²) in [5, 5.41) is 15.0. The summed E-state index contributed by atoms with van der Waals surface area (Å²) in [6.45, 7) is 4.29. The first-order valence-corrected chi connectivity index (χ1v) is 9.53. The van der Waals surface area contributed by atoms with Crippen LogP contribution in [-0.2, 0) is 6.61 Å². The second kappa shape index (κ2) is 8.56. The molecule has 0 spiro atoms. The van der Waals surface area contributed by atoms with E-state index < -0.39 is 6.03 Å². The van der Waals surface area contributed by atoms with E-state index in [9.17, 15) is 4.79 Å². The van der Waals surface area contributed by atoms with Gasteiger partial charge in [0.05, 0.1) is 10.0 Å². The number of hydrogen-bond acceptors (Lipinski definition) is 5. The molecule has 27 heavy (non-hydrogen) atoms. The third kappa shape index (κ3) is 5.32. The van der Waals surface area contributed by atoms with E-state index in [1.165, 1.54) is 16.9 Å². The second-order valence-corrected chi connectivity index (χ2v) is 7.64. The standard InChI is InChI=1S/C18H16Cl2N4O2S/c1-10-3-6-15(11(2)7-10)26-9-16-23-24-18(27-16)22-17(25)21-12-4-5-13(19)14(20)8-12/h3-8H,9H2,1-2H3,(H2,21,22,24,25). The van der Waals surface area contributed by atoms with Crippen molar-refractivity contribution < 1.29 is 9.53 Å². The lowest BCUT2D eigenvalue weighted by atomic mass is 10.1. The van der Waals surface area contributed by atoms with E-state index in [1.807, 2.05) is 26.0 Å². The van der Waals surface area contributed by atoms with E-state index in [0.29, 0.717) is 25.9 Å². The van der Waals surface area contributed by atoms with Crippen molar-refractivity contribution in [2.24, 2.45) is 0 Å². The number of halogens is 2. The zero-order chi connectivity index (χ0) is 19.4. The van der Waals surface area contributed by atoms with Crippen molar-refractivity contribution >= 4 is 51.4 Å². The number of carbonyl (C=O) groups is 1. The lowest BCUT2D eigenvalue weighted by Gasteiger charge is -2.07. The molecule has 2 N–H and O–H groups in total. The van der Waals surface area contributed by atoms with Crippen molar-refractivity contribution in [2.45, 2.75) is 20.5 Å². The molecule has 3 aromatic rings. The van der Waals surface area contributed by atoms with Gasteiger partial charge >= 0.3 is 6.03 Å². The SMILES string of the molecule is Cc1ccc(OCc2nnc(NC(=O)Nc3ccc(Cl)c(Cl)c3)s2)c(C)c1. The summed E-state index contributed by atoms with van der Waals surface area (Å²) in [5.41, 5.74) is 2.75. The number of nitrogens with zero attached hydrogens (tertiary/aromatic N) is 2. The largest absolute Gasteiger partial charge is 0.486 e. The van der Waals surface area contributed by atoms with Gasteiger partial charge in [0.1, 0.15) is 12.4 Å². The molecule has 0 aliphatic rings. The number of aromatic nitrogens is 2. The maximum Gasteiger partial charge on any atom is 0.325 e. The Hall–Kier alpha value is -2.35. The number of benzene rings is 2. The van der Waals surface area contributed by atoms with Crippen LogP contribution in [-0.4, -0.2) is 16.2 Å². The Morgan fingerprint density at radius 2 is 1.89 bits per heavy atom. The second-order valence-electron chi connectivity index (χ2n) is 5.77. The fourth-order valence-corrected chi connectivity index (χ4v) is 3.24. The van der Waals surface area contributed by atoms with Gasteiger partial charge in [-0.25, -0.2) is 4.79 Å². The molecule has 0 unspecified atom stereocenters. The molecule has 2 aromatic carbocycles. The molecule has 0 aliphatic carbocycles. The fourth-order valence-electron chi connectivity index (χ4n) is 2.30. The molecule has 0 saturated carbocycles. The molecule has 140 valence electrons. The maximum atomic E-state index is 12.1. The zero-order valence-electron chi connectivity index (χ0n) is 14.5. The maximum absolute atomic E-state index is 12.1. The van der Waals surface area contributed by atoms with Crippen LogP contribution in [0.5, 0.6) is 5.75 Å². The van der Waals surface area contributed by atoms with E-state index in [4.69, 9.17) is 27.9 Å². The lowest BCUT2D eigenvalue weighted by molar-refractivity contribution is 0.262. The summed E-state index contributed by atoms with van der Waals surface area (Å²) in [6, 6.07) is 10.3. The Balaban J connectivity index is 1.55. The molecule has 1 aromatic heterocycles. The zero-order valence-corrected chi connectivity index (χ0v) is 16.9. The Bertz CT molecular complexity index is 978. The number of amides is 2. The molecule has 0 atom stereocenters. The first kappa shape index (κ1) is 19.4. The highest BCUT2D eigenvalue weighted by atomic mass is 35.5. The Labute approximate surface area is 170 Å². The van der Waals surface area contributed by atoms with Gasteiger partial charge in [0.25, 0.3) is 0 Å². The van der Waals surface area contributed by atoms with Crippen LogP contribution in [0.15, 0.2) is 36.4 Å². The first-order valence-electron chi connectivity index (χ1n) is 7.96. The normalized spacial score (nSPS) is 10.5. The molecule has 0 aliphatic heterocycles. The predicted molar refractivity (Wildman–Crippen MR) is 109 cm³/mol. The molecule has 3 rings (SSSR count). The number of rotatable bonds is 5. The van der Waals surface area contributed by atoms with Crippen molar-refractivity contribution in [3.8, 4) is 5.75 Å². The molecule has 0 bridgehead atoms. The molecule has 2 amide bonds. The van der Waals surface area contributed by atoms with Crippen molar-refractivity contribution in [3.63, 3.8) is 0 Å². The van der Waals surface area contributed by atoms with Gasteiger partial charge in [-0.3, -0.25) is 5.32 Å². The van der Waals surface area contributed by atoms with E-state index in [1.54, 1.807) is 18.2 Å². The van der Waals surface area contributed by atoms with Crippen LogP contribution in [0.25, 0.3) is 0 Å². The Morgan fingerprint density at radius 3 is 2.63 bits per heavy atom. The summed E-state index contributed by atoms with van der Waals surface area (Å²) < 4.78 is 5.77. The number of hydrogen-bond donors (Lipinski definition) is 2. The molecular weight excluding hydrogens is 407 g/mol. The van der Waals surface area contributed by atoms with Crippen LogP contribution in [0.4, 0.5) is 15.6 Å². The smallest absolute Gasteiger partial charge is 0.325 e. The molecule has 0 radical (unpaired) electrons. The van der Waals surface area contributed by atoms with Gasteiger partial charge in [0.2, 0.25) is 5.13 Å². The van der Waals surface area contributed by atoms with Gasteiger partial charge in [-0.2, -0.15) is 0 Å². The van der Waals surface area contributed by atoms with Gasteiger partial charge in [-0.1, -0.05) is 52.2 Å². The minimum absolute atomic E-state index is 0.275. The third-order valence-electron chi connectivity index (χ3n) is 3.55. The highest BCUT2D eigenvalue weighted by molar-refractivity contribution is 7.15. The Kier molecular flexibility index (Phi) is 6.15. The number of aryl methyl sites for hydroxylation is 2. The van der Waals surface area contributed by atoms with Crippen LogP contribution in [0.3, 0.4) is 0 Å². The average molecular weight is 423 g/mol. The molecule has 0 fully saturated rings. The van der Waals surface area contributed by atoms with Crippen molar-refractivity contribution in [1.29, 1.82) is 0 Å². The van der Waals surface area contributed by atoms with Crippen molar-refractivity contribution in [1.82, 2.24) is 10.2 Å². The molecule has 0 saturated heterocycles. The minimum Gasteiger partial charge on any atom is -0.486 e. The number of ether oxygens (including phenoxy) is 1. The number of anilines is 2. The van der Waals surface area contributed by atoms with E-state index in [2.05, 4.69) is 26.9 Å². The van der Waals surface area contributed by atoms with Crippen LogP contribution < -0.4 is 15.4 Å². The highest BCUT2D eigenvalue weighted by Crippen LogP contribution is 2.25. The van der Waals surface area contributed by atoms with Crippen molar-refractivity contribution in [3.05, 3.63) is 62.6 Å². The van der Waals surface area contributed by atoms with Crippen LogP contribution in [0.2, 0.25) is 10.0 Å². The van der Waals surface area contributed by atoms with Gasteiger partial charge < -0.3 is 10.1 Å². The number of nitrogens with one attached hydrogen (secondary N) is 2. The van der Waals surface area contributed by atoms with E-state index >= 15 is 0 Å². The highest BCUT2D eigenvalue weighted by Gasteiger charge is 2.10. The van der Waals surface area contributed by atoms with Crippen LogP contribution in [0.1, 0.15) is 16.1 Å². The summed E-state index contributed by atoms with van der Waals surface area (Å²) in [5.74, 6) is 0.794. The van der Waals surface area contributed by atoms with E-state index in [0.717, 1.165) is 11.3 Å². The molecular formula is C18H16Cl2N4O2S. The third-order valence-corrected chi connectivity index (χ3v) is 5.10. The van der Waals surface area contributed by atoms with E-state index in [-0.39, 0.29) is 6.61 Å². The summed E-state index contributed by atoms with van der Waals surface area (Å²) >= 11 is 13.0. The van der Waals surface area contributed by atoms with Crippen LogP contribution >= 0.6 is 34.5 Å². The summed E-state index contributed by atoms with van der Waals surface area (Å²) in [4.78, 5) is 12.1. The first-order chi connectivity index (χ1) is 12.9.